The first-order valence-corrected chi connectivity index (χ1v) is 8.32. The summed E-state index contributed by atoms with van der Waals surface area (Å²) >= 11 is 1.10. The zero-order valence-corrected chi connectivity index (χ0v) is 13.7. The van der Waals surface area contributed by atoms with Crippen LogP contribution >= 0.6 is 11.7 Å². The SMILES string of the molecule is Cc1ccc(CCC(=O)N2CCC(Oc3cnsn3)C2)cc1F. The van der Waals surface area contributed by atoms with Crippen LogP contribution in [0.3, 0.4) is 0 Å². The van der Waals surface area contributed by atoms with Crippen molar-refractivity contribution in [2.45, 2.75) is 32.3 Å². The molecule has 1 aliphatic rings. The topological polar surface area (TPSA) is 55.3 Å². The minimum atomic E-state index is -0.221. The van der Waals surface area contributed by atoms with Crippen molar-refractivity contribution in [2.24, 2.45) is 0 Å². The van der Waals surface area contributed by atoms with Gasteiger partial charge in [0.1, 0.15) is 18.1 Å². The van der Waals surface area contributed by atoms with E-state index in [1.54, 1.807) is 24.1 Å². The summed E-state index contributed by atoms with van der Waals surface area (Å²) in [6.45, 7) is 2.98. The second kappa shape index (κ2) is 7.04. The van der Waals surface area contributed by atoms with Crippen molar-refractivity contribution < 1.29 is 13.9 Å². The highest BCUT2D eigenvalue weighted by molar-refractivity contribution is 6.99. The van der Waals surface area contributed by atoms with Gasteiger partial charge in [0.15, 0.2) is 0 Å². The Kier molecular flexibility index (Phi) is 4.85. The quantitative estimate of drug-likeness (QED) is 0.843. The Morgan fingerprint density at radius 2 is 2.39 bits per heavy atom. The summed E-state index contributed by atoms with van der Waals surface area (Å²) in [5, 5.41) is 0. The monoisotopic (exact) mass is 335 g/mol. The van der Waals surface area contributed by atoms with Crippen LogP contribution in [0.15, 0.2) is 24.4 Å². The smallest absolute Gasteiger partial charge is 0.246 e. The standard InChI is InChI=1S/C16H18FN3O2S/c1-11-2-3-12(8-14(11)17)4-5-16(21)20-7-6-13(10-20)22-15-9-18-23-19-15/h2-3,8-9,13H,4-7,10H2,1H3. The van der Waals surface area contributed by atoms with E-state index in [0.717, 1.165) is 23.7 Å². The van der Waals surface area contributed by atoms with Crippen molar-refractivity contribution >= 4 is 17.6 Å². The number of ether oxygens (including phenoxy) is 1. The van der Waals surface area contributed by atoms with E-state index < -0.39 is 0 Å². The molecule has 0 radical (unpaired) electrons. The summed E-state index contributed by atoms with van der Waals surface area (Å²) in [7, 11) is 0. The van der Waals surface area contributed by atoms with Crippen molar-refractivity contribution in [1.82, 2.24) is 13.6 Å². The fourth-order valence-electron chi connectivity index (χ4n) is 2.63. The molecule has 0 bridgehead atoms. The molecule has 5 nitrogen and oxygen atoms in total. The Balaban J connectivity index is 1.48. The maximum absolute atomic E-state index is 13.5. The number of rotatable bonds is 5. The molecule has 1 fully saturated rings. The second-order valence-corrected chi connectivity index (χ2v) is 6.25. The third kappa shape index (κ3) is 4.04. The van der Waals surface area contributed by atoms with E-state index in [2.05, 4.69) is 8.75 Å². The third-order valence-corrected chi connectivity index (χ3v) is 4.45. The zero-order valence-electron chi connectivity index (χ0n) is 12.9. The first-order chi connectivity index (χ1) is 11.1. The van der Waals surface area contributed by atoms with Crippen LogP contribution in [-0.4, -0.2) is 38.7 Å². The van der Waals surface area contributed by atoms with Gasteiger partial charge in [0.05, 0.1) is 18.3 Å². The Labute approximate surface area is 138 Å². The van der Waals surface area contributed by atoms with Gasteiger partial charge in [-0.2, -0.15) is 4.37 Å². The van der Waals surface area contributed by atoms with Crippen molar-refractivity contribution in [1.29, 1.82) is 0 Å². The molecule has 0 aliphatic carbocycles. The average molecular weight is 335 g/mol. The lowest BCUT2D eigenvalue weighted by Gasteiger charge is -2.16. The molecule has 1 unspecified atom stereocenters. The Morgan fingerprint density at radius 1 is 1.52 bits per heavy atom. The van der Waals surface area contributed by atoms with Gasteiger partial charge in [0.2, 0.25) is 11.8 Å². The lowest BCUT2D eigenvalue weighted by atomic mass is 10.1. The van der Waals surface area contributed by atoms with Gasteiger partial charge in [-0.25, -0.2) is 4.39 Å². The molecule has 2 aromatic rings. The maximum atomic E-state index is 13.5. The lowest BCUT2D eigenvalue weighted by Crippen LogP contribution is -2.31. The Morgan fingerprint density at radius 3 is 3.13 bits per heavy atom. The van der Waals surface area contributed by atoms with Crippen molar-refractivity contribution in [3.05, 3.63) is 41.3 Å². The number of aromatic nitrogens is 2. The first kappa shape index (κ1) is 15.9. The molecule has 1 aliphatic heterocycles. The highest BCUT2D eigenvalue weighted by Gasteiger charge is 2.27. The molecule has 0 N–H and O–H groups in total. The summed E-state index contributed by atoms with van der Waals surface area (Å²) in [6, 6.07) is 5.13. The van der Waals surface area contributed by atoms with Crippen LogP contribution < -0.4 is 4.74 Å². The van der Waals surface area contributed by atoms with Gasteiger partial charge >= 0.3 is 0 Å². The fourth-order valence-corrected chi connectivity index (χ4v) is 2.99. The molecule has 1 atom stereocenters. The molecule has 122 valence electrons. The van der Waals surface area contributed by atoms with Crippen molar-refractivity contribution in [3.8, 4) is 5.88 Å². The second-order valence-electron chi connectivity index (χ2n) is 5.70. The maximum Gasteiger partial charge on any atom is 0.246 e. The predicted molar refractivity (Wildman–Crippen MR) is 85.0 cm³/mol. The van der Waals surface area contributed by atoms with E-state index in [0.29, 0.717) is 37.4 Å². The largest absolute Gasteiger partial charge is 0.471 e. The van der Waals surface area contributed by atoms with Crippen LogP contribution in [0.2, 0.25) is 0 Å². The molecule has 1 aromatic heterocycles. The van der Waals surface area contributed by atoms with Crippen LogP contribution in [-0.2, 0) is 11.2 Å². The number of carbonyl (C=O) groups is 1. The summed E-state index contributed by atoms with van der Waals surface area (Å²) in [6.07, 6.45) is 3.28. The van der Waals surface area contributed by atoms with Crippen LogP contribution in [0.5, 0.6) is 5.88 Å². The van der Waals surface area contributed by atoms with Gasteiger partial charge < -0.3 is 9.64 Å². The minimum absolute atomic E-state index is 0.0281. The first-order valence-electron chi connectivity index (χ1n) is 7.59. The van der Waals surface area contributed by atoms with Crippen LogP contribution in [0.4, 0.5) is 4.39 Å². The number of amides is 1. The van der Waals surface area contributed by atoms with Gasteiger partial charge in [-0.1, -0.05) is 12.1 Å². The summed E-state index contributed by atoms with van der Waals surface area (Å²) < 4.78 is 27.1. The number of halogens is 1. The molecule has 1 saturated heterocycles. The number of benzene rings is 1. The van der Waals surface area contributed by atoms with Crippen LogP contribution in [0.1, 0.15) is 24.0 Å². The van der Waals surface area contributed by atoms with E-state index >= 15 is 0 Å². The minimum Gasteiger partial charge on any atom is -0.471 e. The number of likely N-dealkylation sites (tertiary alicyclic amines) is 1. The molecule has 0 spiro atoms. The van der Waals surface area contributed by atoms with Gasteiger partial charge in [-0.05, 0) is 30.5 Å². The molecule has 3 rings (SSSR count). The average Bonchev–Trinajstić information content (AvgIpc) is 3.20. The zero-order chi connectivity index (χ0) is 16.2. The Hall–Kier alpha value is -2.02. The molecule has 0 saturated carbocycles. The van der Waals surface area contributed by atoms with Gasteiger partial charge in [-0.3, -0.25) is 4.79 Å². The van der Waals surface area contributed by atoms with Crippen molar-refractivity contribution in [3.63, 3.8) is 0 Å². The molecule has 1 amide bonds. The van der Waals surface area contributed by atoms with Gasteiger partial charge in [0.25, 0.3) is 0 Å². The van der Waals surface area contributed by atoms with E-state index in [4.69, 9.17) is 4.74 Å². The summed E-state index contributed by atoms with van der Waals surface area (Å²) in [5.74, 6) is 0.374. The van der Waals surface area contributed by atoms with E-state index in [1.807, 2.05) is 6.07 Å². The Bertz CT molecular complexity index is 678. The number of hydrogen-bond donors (Lipinski definition) is 0. The summed E-state index contributed by atoms with van der Waals surface area (Å²) in [5.41, 5.74) is 1.47. The van der Waals surface area contributed by atoms with E-state index in [9.17, 15) is 9.18 Å². The van der Waals surface area contributed by atoms with E-state index in [1.165, 1.54) is 6.07 Å². The van der Waals surface area contributed by atoms with Gasteiger partial charge in [0, 0.05) is 19.4 Å². The number of aryl methyl sites for hydroxylation is 2. The van der Waals surface area contributed by atoms with Crippen LogP contribution in [0, 0.1) is 12.7 Å². The lowest BCUT2D eigenvalue weighted by molar-refractivity contribution is -0.130. The van der Waals surface area contributed by atoms with E-state index in [-0.39, 0.29) is 17.8 Å². The highest BCUT2D eigenvalue weighted by atomic mass is 32.1. The van der Waals surface area contributed by atoms with Crippen LogP contribution in [0.25, 0.3) is 0 Å². The normalized spacial score (nSPS) is 17.5. The molecule has 23 heavy (non-hydrogen) atoms. The summed E-state index contributed by atoms with van der Waals surface area (Å²) in [4.78, 5) is 14.1. The predicted octanol–water partition coefficient (Wildman–Crippen LogP) is 2.60. The number of carbonyl (C=O) groups excluding carboxylic acids is 1. The molecule has 2 heterocycles. The molecular weight excluding hydrogens is 317 g/mol. The number of nitrogens with zero attached hydrogens (tertiary/aromatic N) is 3. The molecule has 7 heteroatoms. The third-order valence-electron chi connectivity index (χ3n) is 3.99. The fraction of sp³-hybridized carbons (Fsp3) is 0.438. The highest BCUT2D eigenvalue weighted by Crippen LogP contribution is 2.18. The van der Waals surface area contributed by atoms with Gasteiger partial charge in [-0.15, -0.1) is 4.37 Å². The molecule has 1 aromatic carbocycles. The number of hydrogen-bond acceptors (Lipinski definition) is 5. The van der Waals surface area contributed by atoms with Crippen molar-refractivity contribution in [2.75, 3.05) is 13.1 Å². The molecular formula is C16H18FN3O2S.